The Bertz CT molecular complexity index is 1520. The molecule has 1 unspecified atom stereocenters. The van der Waals surface area contributed by atoms with E-state index in [1.165, 1.54) is 6.08 Å². The summed E-state index contributed by atoms with van der Waals surface area (Å²) >= 11 is 0. The van der Waals surface area contributed by atoms with Crippen molar-refractivity contribution >= 4 is 40.7 Å². The van der Waals surface area contributed by atoms with Gasteiger partial charge >= 0.3 is 6.09 Å². The van der Waals surface area contributed by atoms with Crippen molar-refractivity contribution in [2.75, 3.05) is 25.5 Å². The van der Waals surface area contributed by atoms with Crippen molar-refractivity contribution in [2.24, 2.45) is 5.92 Å². The minimum absolute atomic E-state index is 0.120. The van der Waals surface area contributed by atoms with E-state index >= 15 is 0 Å². The number of hydrogen-bond acceptors (Lipinski definition) is 5. The summed E-state index contributed by atoms with van der Waals surface area (Å²) in [6.07, 6.45) is 5.60. The molecule has 1 aliphatic heterocycles. The largest absolute Gasteiger partial charge is 0.445 e. The molecule has 0 aliphatic carbocycles. The number of rotatable bonds is 8. The smallest absolute Gasteiger partial charge is 0.410 e. The number of pyridine rings is 1. The van der Waals surface area contributed by atoms with Crippen LogP contribution in [-0.4, -0.2) is 57.8 Å². The van der Waals surface area contributed by atoms with Crippen molar-refractivity contribution < 1.29 is 19.1 Å². The number of likely N-dealkylation sites (tertiary alicyclic amines) is 1. The lowest BCUT2D eigenvalue weighted by Gasteiger charge is -2.30. The molecule has 1 saturated heterocycles. The predicted molar refractivity (Wildman–Crippen MR) is 162 cm³/mol. The lowest BCUT2D eigenvalue weighted by atomic mass is 9.96. The number of likely N-dealkylation sites (N-methyl/N-ethyl adjacent to an activating group) is 1. The number of aromatic nitrogens is 2. The highest BCUT2D eigenvalue weighted by molar-refractivity contribution is 5.93. The molecule has 5 rings (SSSR count). The zero-order chi connectivity index (χ0) is 29.5. The second-order valence-corrected chi connectivity index (χ2v) is 10.5. The summed E-state index contributed by atoms with van der Waals surface area (Å²) in [7, 11) is 1.78. The van der Waals surface area contributed by atoms with E-state index in [-0.39, 0.29) is 36.5 Å². The normalized spacial score (nSPS) is 14.6. The van der Waals surface area contributed by atoms with Gasteiger partial charge in [0.15, 0.2) is 0 Å². The first kappa shape index (κ1) is 28.6. The topological polar surface area (TPSA) is 108 Å². The molecule has 216 valence electrons. The highest BCUT2D eigenvalue weighted by atomic mass is 16.6. The van der Waals surface area contributed by atoms with Gasteiger partial charge in [-0.2, -0.15) is 0 Å². The molecule has 9 heteroatoms. The Kier molecular flexibility index (Phi) is 8.96. The number of ether oxygens (including phenoxy) is 1. The van der Waals surface area contributed by atoms with Crippen LogP contribution in [0.5, 0.6) is 0 Å². The van der Waals surface area contributed by atoms with Gasteiger partial charge in [-0.1, -0.05) is 48.5 Å². The molecular weight excluding hydrogens is 530 g/mol. The molecule has 3 amide bonds. The maximum absolute atomic E-state index is 12.8. The molecule has 1 aliphatic rings. The predicted octanol–water partition coefficient (Wildman–Crippen LogP) is 5.78. The molecule has 0 spiro atoms. The van der Waals surface area contributed by atoms with Crippen molar-refractivity contribution in [1.29, 1.82) is 0 Å². The number of benzene rings is 2. The van der Waals surface area contributed by atoms with Crippen molar-refractivity contribution in [1.82, 2.24) is 19.8 Å². The molecular formula is C33H35N5O4. The molecule has 0 radical (unpaired) electrons. The number of carbonyl (C=O) groups is 3. The molecule has 2 aromatic heterocycles. The summed E-state index contributed by atoms with van der Waals surface area (Å²) in [6.45, 7) is 3.14. The van der Waals surface area contributed by atoms with Crippen molar-refractivity contribution in [3.63, 3.8) is 0 Å². The minimum Gasteiger partial charge on any atom is -0.445 e. The molecule has 3 heterocycles. The summed E-state index contributed by atoms with van der Waals surface area (Å²) in [5.74, 6) is -0.0191. The number of amides is 3. The van der Waals surface area contributed by atoms with Crippen LogP contribution in [0.15, 0.2) is 85.1 Å². The van der Waals surface area contributed by atoms with Gasteiger partial charge in [0.2, 0.25) is 11.8 Å². The van der Waals surface area contributed by atoms with E-state index in [4.69, 9.17) is 4.74 Å². The first-order valence-corrected chi connectivity index (χ1v) is 14.1. The molecule has 9 nitrogen and oxygen atoms in total. The molecule has 1 atom stereocenters. The van der Waals surface area contributed by atoms with E-state index in [0.717, 1.165) is 27.7 Å². The third-order valence-electron chi connectivity index (χ3n) is 7.71. The fourth-order valence-corrected chi connectivity index (χ4v) is 4.95. The fraction of sp³-hybridized carbons (Fsp3) is 0.273. The van der Waals surface area contributed by atoms with Gasteiger partial charge in [-0.05, 0) is 66.6 Å². The third-order valence-corrected chi connectivity index (χ3v) is 7.71. The third kappa shape index (κ3) is 7.04. The number of anilines is 1. The number of fused-ring (bicyclic) bond motifs is 1. The van der Waals surface area contributed by atoms with Gasteiger partial charge in [0.1, 0.15) is 12.4 Å². The monoisotopic (exact) mass is 565 g/mol. The lowest BCUT2D eigenvalue weighted by molar-refractivity contribution is -0.126. The molecule has 2 aromatic carbocycles. The first-order chi connectivity index (χ1) is 20.4. The van der Waals surface area contributed by atoms with Crippen molar-refractivity contribution in [3.8, 4) is 0 Å². The Morgan fingerprint density at radius 3 is 2.52 bits per heavy atom. The van der Waals surface area contributed by atoms with Gasteiger partial charge in [-0.3, -0.25) is 9.59 Å². The van der Waals surface area contributed by atoms with Gasteiger partial charge in [0.25, 0.3) is 0 Å². The summed E-state index contributed by atoms with van der Waals surface area (Å²) in [5.41, 5.74) is 3.69. The fourth-order valence-electron chi connectivity index (χ4n) is 4.95. The number of nitrogens with zero attached hydrogens (tertiary/aromatic N) is 3. The lowest BCUT2D eigenvalue weighted by Crippen LogP contribution is -2.41. The molecule has 0 bridgehead atoms. The summed E-state index contributed by atoms with van der Waals surface area (Å²) in [6, 6.07) is 23.0. The second-order valence-electron chi connectivity index (χ2n) is 10.5. The van der Waals surface area contributed by atoms with E-state index in [1.807, 2.05) is 61.5 Å². The van der Waals surface area contributed by atoms with Crippen LogP contribution >= 0.6 is 0 Å². The quantitative estimate of drug-likeness (QED) is 0.263. The van der Waals surface area contributed by atoms with Gasteiger partial charge < -0.3 is 24.8 Å². The van der Waals surface area contributed by atoms with Crippen LogP contribution in [0.25, 0.3) is 17.0 Å². The zero-order valence-corrected chi connectivity index (χ0v) is 23.8. The Morgan fingerprint density at radius 2 is 1.81 bits per heavy atom. The SMILES string of the molecule is CC(c1cc2ccccc2[nH]1)N(C)C(=O)C=Cc1ccc(NC(=O)C2CCN(C(=O)OCc3ccccc3)CC2)nc1. The van der Waals surface area contributed by atoms with Crippen LogP contribution in [0.3, 0.4) is 0 Å². The summed E-state index contributed by atoms with van der Waals surface area (Å²) < 4.78 is 5.41. The van der Waals surface area contributed by atoms with Crippen LogP contribution < -0.4 is 5.32 Å². The zero-order valence-electron chi connectivity index (χ0n) is 23.8. The van der Waals surface area contributed by atoms with Crippen molar-refractivity contribution in [3.05, 3.63) is 102 Å². The van der Waals surface area contributed by atoms with Gasteiger partial charge in [-0.15, -0.1) is 0 Å². The number of para-hydroxylation sites is 1. The highest BCUT2D eigenvalue weighted by Gasteiger charge is 2.28. The number of nitrogens with one attached hydrogen (secondary N) is 2. The average molecular weight is 566 g/mol. The molecule has 4 aromatic rings. The second kappa shape index (κ2) is 13.2. The molecule has 1 fully saturated rings. The number of hydrogen-bond donors (Lipinski definition) is 2. The van der Waals surface area contributed by atoms with Gasteiger partial charge in [0, 0.05) is 49.5 Å². The minimum atomic E-state index is -0.361. The van der Waals surface area contributed by atoms with Crippen LogP contribution in [0.2, 0.25) is 0 Å². The Morgan fingerprint density at radius 1 is 1.07 bits per heavy atom. The van der Waals surface area contributed by atoms with E-state index < -0.39 is 0 Å². The van der Waals surface area contributed by atoms with Crippen LogP contribution in [-0.2, 0) is 20.9 Å². The number of piperidine rings is 1. The molecule has 2 N–H and O–H groups in total. The maximum atomic E-state index is 12.8. The Labute approximate surface area is 245 Å². The Hall–Kier alpha value is -4.92. The Balaban J connectivity index is 1.07. The number of carbonyl (C=O) groups excluding carboxylic acids is 3. The van der Waals surface area contributed by atoms with Crippen LogP contribution in [0.4, 0.5) is 10.6 Å². The van der Waals surface area contributed by atoms with Crippen LogP contribution in [0.1, 0.15) is 42.6 Å². The van der Waals surface area contributed by atoms with E-state index in [9.17, 15) is 14.4 Å². The van der Waals surface area contributed by atoms with Gasteiger partial charge in [0.05, 0.1) is 6.04 Å². The molecule has 42 heavy (non-hydrogen) atoms. The average Bonchev–Trinajstić information content (AvgIpc) is 3.47. The van der Waals surface area contributed by atoms with E-state index in [0.29, 0.717) is 31.7 Å². The number of H-pyrrole nitrogens is 1. The van der Waals surface area contributed by atoms with Gasteiger partial charge in [-0.25, -0.2) is 9.78 Å². The number of aromatic amines is 1. The first-order valence-electron chi connectivity index (χ1n) is 14.1. The summed E-state index contributed by atoms with van der Waals surface area (Å²) in [5, 5.41) is 3.98. The van der Waals surface area contributed by atoms with Crippen LogP contribution in [0, 0.1) is 5.92 Å². The van der Waals surface area contributed by atoms with E-state index in [2.05, 4.69) is 21.4 Å². The molecule has 0 saturated carbocycles. The van der Waals surface area contributed by atoms with Crippen molar-refractivity contribution in [2.45, 2.75) is 32.4 Å². The highest BCUT2D eigenvalue weighted by Crippen LogP contribution is 2.24. The summed E-state index contributed by atoms with van der Waals surface area (Å²) in [4.78, 5) is 49.1. The standard InChI is InChI=1S/C33H35N5O4/c1-23(29-20-27-10-6-7-11-28(27)35-29)37(2)31(39)15-13-24-12-14-30(34-21-24)36-32(40)26-16-18-38(19-17-26)33(41)42-22-25-8-4-3-5-9-25/h3-15,20-21,23,26,35H,16-19,22H2,1-2H3,(H,34,36,40). The maximum Gasteiger partial charge on any atom is 0.410 e. The van der Waals surface area contributed by atoms with E-state index in [1.54, 1.807) is 41.3 Å².